The Morgan fingerprint density at radius 1 is 1.17 bits per heavy atom. The fraction of sp³-hybridized carbons (Fsp3) is 0.267. The zero-order valence-electron chi connectivity index (χ0n) is 10.5. The Morgan fingerprint density at radius 3 is 2.67 bits per heavy atom. The number of pyridine rings is 1. The van der Waals surface area contributed by atoms with Crippen molar-refractivity contribution in [1.82, 2.24) is 10.3 Å². The van der Waals surface area contributed by atoms with Crippen molar-refractivity contribution in [3.63, 3.8) is 0 Å². The van der Waals surface area contributed by atoms with Gasteiger partial charge in [0.15, 0.2) is 0 Å². The summed E-state index contributed by atoms with van der Waals surface area (Å²) in [4.78, 5) is 4.02. The van der Waals surface area contributed by atoms with Crippen molar-refractivity contribution < 1.29 is 5.11 Å². The van der Waals surface area contributed by atoms with Gasteiger partial charge in [-0.2, -0.15) is 0 Å². The van der Waals surface area contributed by atoms with Gasteiger partial charge in [-0.25, -0.2) is 0 Å². The molecule has 1 heterocycles. The van der Waals surface area contributed by atoms with Crippen molar-refractivity contribution in [3.8, 4) is 11.1 Å². The van der Waals surface area contributed by atoms with Crippen LogP contribution in [0.25, 0.3) is 11.1 Å². The van der Waals surface area contributed by atoms with E-state index in [0.29, 0.717) is 0 Å². The maximum Gasteiger partial charge on any atom is 0.0582 e. The monoisotopic (exact) mass is 242 g/mol. The van der Waals surface area contributed by atoms with Crippen molar-refractivity contribution in [2.45, 2.75) is 19.5 Å². The molecule has 3 heteroatoms. The van der Waals surface area contributed by atoms with Crippen molar-refractivity contribution >= 4 is 0 Å². The molecule has 1 atom stereocenters. The minimum atomic E-state index is 0.120. The van der Waals surface area contributed by atoms with E-state index in [1.54, 1.807) is 12.4 Å². The zero-order chi connectivity index (χ0) is 12.8. The van der Waals surface area contributed by atoms with Crippen LogP contribution in [0.5, 0.6) is 0 Å². The predicted molar refractivity (Wildman–Crippen MR) is 73.1 cm³/mol. The summed E-state index contributed by atoms with van der Waals surface area (Å²) >= 11 is 0. The largest absolute Gasteiger partial charge is 0.395 e. The highest BCUT2D eigenvalue weighted by atomic mass is 16.3. The molecule has 0 saturated carbocycles. The quantitative estimate of drug-likeness (QED) is 0.845. The number of hydrogen-bond donors (Lipinski definition) is 2. The fourth-order valence-electron chi connectivity index (χ4n) is 1.76. The lowest BCUT2D eigenvalue weighted by molar-refractivity contribution is 0.251. The fourth-order valence-corrected chi connectivity index (χ4v) is 1.76. The smallest absolute Gasteiger partial charge is 0.0582 e. The Bertz CT molecular complexity index is 485. The summed E-state index contributed by atoms with van der Waals surface area (Å²) < 4.78 is 0. The number of rotatable bonds is 5. The lowest BCUT2D eigenvalue weighted by Gasteiger charge is -2.11. The maximum absolute atomic E-state index is 8.98. The lowest BCUT2D eigenvalue weighted by Crippen LogP contribution is -2.28. The van der Waals surface area contributed by atoms with Gasteiger partial charge in [0.2, 0.25) is 0 Å². The molecular weight excluding hydrogens is 224 g/mol. The molecule has 0 amide bonds. The predicted octanol–water partition coefficient (Wildman–Crippen LogP) is 2.22. The van der Waals surface area contributed by atoms with Gasteiger partial charge < -0.3 is 10.4 Å². The van der Waals surface area contributed by atoms with Gasteiger partial charge in [0, 0.05) is 25.0 Å². The number of hydrogen-bond acceptors (Lipinski definition) is 3. The minimum Gasteiger partial charge on any atom is -0.395 e. The van der Waals surface area contributed by atoms with Crippen molar-refractivity contribution in [3.05, 3.63) is 54.4 Å². The van der Waals surface area contributed by atoms with E-state index in [0.717, 1.165) is 6.54 Å². The molecule has 1 aromatic carbocycles. The second-order valence-corrected chi connectivity index (χ2v) is 4.40. The first-order chi connectivity index (χ1) is 8.79. The second-order valence-electron chi connectivity index (χ2n) is 4.40. The summed E-state index contributed by atoms with van der Waals surface area (Å²) in [6.45, 7) is 2.89. The Hall–Kier alpha value is -1.71. The van der Waals surface area contributed by atoms with E-state index < -0.39 is 0 Å². The highest BCUT2D eigenvalue weighted by molar-refractivity contribution is 5.63. The average molecular weight is 242 g/mol. The van der Waals surface area contributed by atoms with E-state index in [1.165, 1.54) is 16.7 Å². The molecule has 0 aliphatic rings. The molecular formula is C15H18N2O. The van der Waals surface area contributed by atoms with Crippen LogP contribution in [0.2, 0.25) is 0 Å². The van der Waals surface area contributed by atoms with Crippen molar-refractivity contribution in [2.75, 3.05) is 6.61 Å². The first-order valence-corrected chi connectivity index (χ1v) is 6.13. The Kier molecular flexibility index (Phi) is 4.45. The van der Waals surface area contributed by atoms with Crippen LogP contribution in [0.1, 0.15) is 12.5 Å². The molecule has 1 aromatic heterocycles. The first-order valence-electron chi connectivity index (χ1n) is 6.13. The van der Waals surface area contributed by atoms with Crippen LogP contribution in [0.3, 0.4) is 0 Å². The van der Waals surface area contributed by atoms with Gasteiger partial charge in [-0.1, -0.05) is 18.2 Å². The van der Waals surface area contributed by atoms with Gasteiger partial charge in [-0.3, -0.25) is 4.98 Å². The number of aliphatic hydroxyl groups excluding tert-OH is 1. The van der Waals surface area contributed by atoms with Gasteiger partial charge in [-0.05, 0) is 41.8 Å². The number of benzene rings is 1. The van der Waals surface area contributed by atoms with E-state index in [2.05, 4.69) is 34.6 Å². The normalized spacial score (nSPS) is 12.3. The highest BCUT2D eigenvalue weighted by Crippen LogP contribution is 2.19. The van der Waals surface area contributed by atoms with E-state index in [-0.39, 0.29) is 12.6 Å². The summed E-state index contributed by atoms with van der Waals surface area (Å²) in [5.41, 5.74) is 3.57. The molecule has 0 unspecified atom stereocenters. The minimum absolute atomic E-state index is 0.120. The van der Waals surface area contributed by atoms with Crippen LogP contribution in [-0.4, -0.2) is 22.7 Å². The molecule has 0 spiro atoms. The van der Waals surface area contributed by atoms with E-state index >= 15 is 0 Å². The Labute approximate surface area is 108 Å². The van der Waals surface area contributed by atoms with Crippen molar-refractivity contribution in [1.29, 1.82) is 0 Å². The molecule has 2 aromatic rings. The summed E-state index contributed by atoms with van der Waals surface area (Å²) in [6.07, 6.45) is 3.60. The molecule has 18 heavy (non-hydrogen) atoms. The number of nitrogens with one attached hydrogen (secondary N) is 1. The van der Waals surface area contributed by atoms with Gasteiger partial charge >= 0.3 is 0 Å². The summed E-state index contributed by atoms with van der Waals surface area (Å²) in [5, 5.41) is 12.2. The Balaban J connectivity index is 2.11. The van der Waals surface area contributed by atoms with E-state index in [9.17, 15) is 0 Å². The average Bonchev–Trinajstić information content (AvgIpc) is 2.46. The van der Waals surface area contributed by atoms with E-state index in [4.69, 9.17) is 5.11 Å². The number of aromatic nitrogens is 1. The summed E-state index contributed by atoms with van der Waals surface area (Å²) in [7, 11) is 0. The third-order valence-electron chi connectivity index (χ3n) is 2.87. The molecule has 0 saturated heterocycles. The van der Waals surface area contributed by atoms with Crippen LogP contribution in [0.15, 0.2) is 48.8 Å². The first kappa shape index (κ1) is 12.7. The van der Waals surface area contributed by atoms with Crippen LogP contribution in [0.4, 0.5) is 0 Å². The van der Waals surface area contributed by atoms with Crippen LogP contribution < -0.4 is 5.32 Å². The molecule has 0 aliphatic carbocycles. The number of aliphatic hydroxyl groups is 1. The third kappa shape index (κ3) is 3.39. The lowest BCUT2D eigenvalue weighted by atomic mass is 10.0. The number of nitrogens with zero attached hydrogens (tertiary/aromatic N) is 1. The highest BCUT2D eigenvalue weighted by Gasteiger charge is 2.01. The molecule has 0 fully saturated rings. The Morgan fingerprint density at radius 2 is 1.94 bits per heavy atom. The second kappa shape index (κ2) is 6.28. The zero-order valence-corrected chi connectivity index (χ0v) is 10.5. The van der Waals surface area contributed by atoms with Gasteiger partial charge in [-0.15, -0.1) is 0 Å². The molecule has 3 nitrogen and oxygen atoms in total. The molecule has 2 rings (SSSR count). The topological polar surface area (TPSA) is 45.1 Å². The van der Waals surface area contributed by atoms with Crippen LogP contribution >= 0.6 is 0 Å². The molecule has 2 N–H and O–H groups in total. The summed E-state index contributed by atoms with van der Waals surface area (Å²) in [5.74, 6) is 0. The van der Waals surface area contributed by atoms with Gasteiger partial charge in [0.1, 0.15) is 0 Å². The maximum atomic E-state index is 8.98. The van der Waals surface area contributed by atoms with Crippen LogP contribution in [0, 0.1) is 0 Å². The molecule has 94 valence electrons. The van der Waals surface area contributed by atoms with Crippen LogP contribution in [-0.2, 0) is 6.54 Å². The SMILES string of the molecule is C[C@H](CO)NCc1cccc(-c2ccncc2)c1. The standard InChI is InChI=1S/C15H18N2O/c1-12(11-18)17-10-13-3-2-4-15(9-13)14-5-7-16-8-6-14/h2-9,12,17-18H,10-11H2,1H3/t12-/m1/s1. The van der Waals surface area contributed by atoms with Gasteiger partial charge in [0.25, 0.3) is 0 Å². The summed E-state index contributed by atoms with van der Waals surface area (Å²) in [6, 6.07) is 12.5. The van der Waals surface area contributed by atoms with Crippen molar-refractivity contribution in [2.24, 2.45) is 0 Å². The van der Waals surface area contributed by atoms with E-state index in [1.807, 2.05) is 19.1 Å². The molecule has 0 radical (unpaired) electrons. The van der Waals surface area contributed by atoms with Gasteiger partial charge in [0.05, 0.1) is 6.61 Å². The third-order valence-corrected chi connectivity index (χ3v) is 2.87. The molecule has 0 aliphatic heterocycles. The molecule has 0 bridgehead atoms.